The Kier molecular flexibility index (Phi) is 6.76. The number of fused-ring (bicyclic) bond motifs is 3. The van der Waals surface area contributed by atoms with Crippen LogP contribution in [0.2, 0.25) is 20.1 Å². The average Bonchev–Trinajstić information content (AvgIpc) is 3.17. The summed E-state index contributed by atoms with van der Waals surface area (Å²) in [5, 5.41) is 9.74. The van der Waals surface area contributed by atoms with Crippen molar-refractivity contribution in [2.45, 2.75) is 13.1 Å². The van der Waals surface area contributed by atoms with Crippen LogP contribution in [0.5, 0.6) is 0 Å². The van der Waals surface area contributed by atoms with Crippen LogP contribution in [0.4, 0.5) is 11.4 Å². The zero-order chi connectivity index (χ0) is 23.7. The number of carbonyl (C=O) groups is 3. The first-order valence-corrected chi connectivity index (χ1v) is 10.9. The summed E-state index contributed by atoms with van der Waals surface area (Å²) in [4.78, 5) is 42.5. The second-order valence-corrected chi connectivity index (χ2v) is 8.55. The first kappa shape index (κ1) is 23.3. The number of guanidine groups is 2. The lowest BCUT2D eigenvalue weighted by molar-refractivity contribution is -0.130. The summed E-state index contributed by atoms with van der Waals surface area (Å²) in [6.45, 7) is 1.17. The fourth-order valence-corrected chi connectivity index (χ4v) is 4.07. The van der Waals surface area contributed by atoms with Crippen LogP contribution in [0.3, 0.4) is 0 Å². The van der Waals surface area contributed by atoms with Gasteiger partial charge in [0.2, 0.25) is 24.1 Å². The highest BCUT2D eigenvalue weighted by atomic mass is 35.5. The molecule has 0 aromatic heterocycles. The Bertz CT molecular complexity index is 1250. The van der Waals surface area contributed by atoms with Crippen molar-refractivity contribution in [1.82, 2.24) is 15.5 Å². The zero-order valence-electron chi connectivity index (χ0n) is 16.6. The van der Waals surface area contributed by atoms with Gasteiger partial charge in [0.05, 0.1) is 38.9 Å². The number of nitrogens with one attached hydrogen (secondary N) is 3. The van der Waals surface area contributed by atoms with E-state index in [1.54, 1.807) is 24.3 Å². The second kappa shape index (κ2) is 9.56. The molecule has 13 heteroatoms. The summed E-state index contributed by atoms with van der Waals surface area (Å²) in [5.74, 6) is -0.00239. The van der Waals surface area contributed by atoms with Gasteiger partial charge in [0.1, 0.15) is 6.54 Å². The Labute approximate surface area is 207 Å². The van der Waals surface area contributed by atoms with Gasteiger partial charge < -0.3 is 10.2 Å². The topological polar surface area (TPSA) is 115 Å². The average molecular weight is 528 g/mol. The van der Waals surface area contributed by atoms with Crippen molar-refractivity contribution in [3.63, 3.8) is 0 Å². The van der Waals surface area contributed by atoms with Gasteiger partial charge in [-0.1, -0.05) is 46.4 Å². The van der Waals surface area contributed by atoms with Gasteiger partial charge in [-0.05, 0) is 24.3 Å². The Hall–Kier alpha value is -2.85. The molecule has 33 heavy (non-hydrogen) atoms. The number of aldehydes is 1. The highest BCUT2D eigenvalue weighted by Crippen LogP contribution is 2.37. The molecule has 0 spiro atoms. The third-order valence-corrected chi connectivity index (χ3v) is 6.51. The van der Waals surface area contributed by atoms with E-state index in [2.05, 4.69) is 25.9 Å². The van der Waals surface area contributed by atoms with Gasteiger partial charge >= 0.3 is 0 Å². The second-order valence-electron chi connectivity index (χ2n) is 6.98. The van der Waals surface area contributed by atoms with Crippen molar-refractivity contribution < 1.29 is 14.4 Å². The number of aliphatic imine (C=N–C) groups is 2. The van der Waals surface area contributed by atoms with Crippen molar-refractivity contribution >= 4 is 87.8 Å². The molecule has 5 rings (SSSR count). The van der Waals surface area contributed by atoms with Crippen molar-refractivity contribution in [3.8, 4) is 0 Å². The standard InChI is InChI=1S/C10H7Cl2N3O2.C10H7Cl2N3O/c11-6-1-2-7-5(9(6)12)3-13-10(14-7)15-8(17)4-16;11-6-1-2-7-5(9(6)12)3-15-4-8(16)14-10(15)13-7/h1-2,4H,3H2,(H2,13,14,15,17);1-2H,3-4H2,(H,13,14,16). The minimum Gasteiger partial charge on any atom is -0.329 e. The number of amides is 2. The van der Waals surface area contributed by atoms with E-state index in [0.29, 0.717) is 44.8 Å². The van der Waals surface area contributed by atoms with E-state index in [-0.39, 0.29) is 24.7 Å². The molecule has 9 nitrogen and oxygen atoms in total. The maximum absolute atomic E-state index is 11.2. The third kappa shape index (κ3) is 4.91. The molecule has 2 aromatic carbocycles. The number of anilines is 1. The largest absolute Gasteiger partial charge is 0.329 e. The fraction of sp³-hybridized carbons (Fsp3) is 0.150. The number of rotatable bonds is 1. The van der Waals surface area contributed by atoms with Gasteiger partial charge in [-0.3, -0.25) is 25.0 Å². The van der Waals surface area contributed by atoms with Crippen LogP contribution < -0.4 is 16.0 Å². The van der Waals surface area contributed by atoms with Crippen LogP contribution in [0, 0.1) is 0 Å². The lowest BCUT2D eigenvalue weighted by Gasteiger charge is -2.23. The summed E-state index contributed by atoms with van der Waals surface area (Å²) >= 11 is 23.9. The molecule has 0 radical (unpaired) electrons. The van der Waals surface area contributed by atoms with Crippen molar-refractivity contribution in [1.29, 1.82) is 0 Å². The molecule has 3 heterocycles. The van der Waals surface area contributed by atoms with E-state index in [1.165, 1.54) is 0 Å². The van der Waals surface area contributed by atoms with Crippen LogP contribution >= 0.6 is 46.4 Å². The minimum atomic E-state index is -0.764. The molecular formula is C20H14Cl4N6O3. The highest BCUT2D eigenvalue weighted by Gasteiger charge is 2.30. The van der Waals surface area contributed by atoms with Crippen molar-refractivity contribution in [3.05, 3.63) is 55.5 Å². The van der Waals surface area contributed by atoms with Crippen molar-refractivity contribution in [2.24, 2.45) is 9.98 Å². The van der Waals surface area contributed by atoms with Gasteiger partial charge in [-0.25, -0.2) is 9.98 Å². The Morgan fingerprint density at radius 1 is 1.00 bits per heavy atom. The maximum atomic E-state index is 11.2. The molecule has 1 fully saturated rings. The molecular weight excluding hydrogens is 514 g/mol. The predicted molar refractivity (Wildman–Crippen MR) is 128 cm³/mol. The van der Waals surface area contributed by atoms with Crippen LogP contribution in [-0.2, 0) is 27.5 Å². The van der Waals surface area contributed by atoms with E-state index in [1.807, 2.05) is 4.90 Å². The zero-order valence-corrected chi connectivity index (χ0v) is 19.6. The molecule has 3 aliphatic rings. The normalized spacial score (nSPS) is 15.4. The first-order valence-electron chi connectivity index (χ1n) is 9.41. The molecule has 1 saturated heterocycles. The molecule has 0 aliphatic carbocycles. The minimum absolute atomic E-state index is 0.0474. The summed E-state index contributed by atoms with van der Waals surface area (Å²) in [6.07, 6.45) is 0.175. The van der Waals surface area contributed by atoms with Gasteiger partial charge in [-0.2, -0.15) is 0 Å². The van der Waals surface area contributed by atoms with Gasteiger partial charge in [0.25, 0.3) is 5.91 Å². The Balaban J connectivity index is 0.000000157. The number of benzene rings is 2. The first-order chi connectivity index (χ1) is 15.8. The predicted octanol–water partition coefficient (Wildman–Crippen LogP) is 3.52. The lowest BCUT2D eigenvalue weighted by atomic mass is 10.1. The number of carbonyl (C=O) groups excluding carboxylic acids is 3. The molecule has 0 unspecified atom stereocenters. The van der Waals surface area contributed by atoms with E-state index in [9.17, 15) is 14.4 Å². The third-order valence-electron chi connectivity index (χ3n) is 4.82. The molecule has 0 saturated carbocycles. The fourth-order valence-electron chi connectivity index (χ4n) is 3.27. The molecule has 3 aliphatic heterocycles. The lowest BCUT2D eigenvalue weighted by Crippen LogP contribution is -2.38. The van der Waals surface area contributed by atoms with E-state index >= 15 is 0 Å². The number of nitrogens with zero attached hydrogens (tertiary/aromatic N) is 3. The molecule has 3 N–H and O–H groups in total. The van der Waals surface area contributed by atoms with Gasteiger partial charge in [0.15, 0.2) is 0 Å². The molecule has 0 bridgehead atoms. The van der Waals surface area contributed by atoms with Crippen LogP contribution in [-0.4, -0.2) is 41.5 Å². The highest BCUT2D eigenvalue weighted by molar-refractivity contribution is 6.43. The van der Waals surface area contributed by atoms with Gasteiger partial charge in [-0.15, -0.1) is 0 Å². The quantitative estimate of drug-likeness (QED) is 0.387. The number of halogens is 4. The van der Waals surface area contributed by atoms with Crippen LogP contribution in [0.25, 0.3) is 0 Å². The van der Waals surface area contributed by atoms with Crippen LogP contribution in [0.15, 0.2) is 34.3 Å². The SMILES string of the molecule is O=C1CN2Cc3c(ccc(Cl)c3Cl)N=C2N1.O=CC(=O)NC1=NCc2c(ccc(Cl)c2Cl)N1. The summed E-state index contributed by atoms with van der Waals surface area (Å²) in [7, 11) is 0. The van der Waals surface area contributed by atoms with Crippen molar-refractivity contribution in [2.75, 3.05) is 11.9 Å². The molecule has 2 amide bonds. The summed E-state index contributed by atoms with van der Waals surface area (Å²) < 4.78 is 0. The number of hydrogen-bond acceptors (Lipinski definition) is 7. The van der Waals surface area contributed by atoms with Crippen LogP contribution in [0.1, 0.15) is 11.1 Å². The Morgan fingerprint density at radius 2 is 1.70 bits per heavy atom. The molecule has 2 aromatic rings. The van der Waals surface area contributed by atoms with Gasteiger partial charge in [0, 0.05) is 16.8 Å². The monoisotopic (exact) mass is 526 g/mol. The molecule has 0 atom stereocenters. The smallest absolute Gasteiger partial charge is 0.290 e. The number of hydrogen-bond donors (Lipinski definition) is 3. The van der Waals surface area contributed by atoms with E-state index < -0.39 is 5.91 Å². The maximum Gasteiger partial charge on any atom is 0.290 e. The van der Waals surface area contributed by atoms with E-state index in [4.69, 9.17) is 46.4 Å². The Morgan fingerprint density at radius 3 is 2.42 bits per heavy atom. The summed E-state index contributed by atoms with van der Waals surface area (Å²) in [6, 6.07) is 6.88. The molecule has 170 valence electrons. The summed E-state index contributed by atoms with van der Waals surface area (Å²) in [5.41, 5.74) is 3.09. The van der Waals surface area contributed by atoms with E-state index in [0.717, 1.165) is 16.8 Å².